The van der Waals surface area contributed by atoms with Crippen molar-refractivity contribution in [2.24, 2.45) is 4.99 Å². The van der Waals surface area contributed by atoms with Crippen molar-refractivity contribution in [2.75, 3.05) is 7.05 Å². The van der Waals surface area contributed by atoms with Crippen LogP contribution in [0.5, 0.6) is 5.75 Å². The number of aliphatic imine (C=N–C) groups is 1. The van der Waals surface area contributed by atoms with Crippen LogP contribution in [0.4, 0.5) is 0 Å². The van der Waals surface area contributed by atoms with E-state index >= 15 is 0 Å². The van der Waals surface area contributed by atoms with Crippen LogP contribution in [0.1, 0.15) is 5.56 Å². The van der Waals surface area contributed by atoms with Gasteiger partial charge in [0, 0.05) is 18.6 Å². The van der Waals surface area contributed by atoms with Crippen molar-refractivity contribution >= 4 is 25.4 Å². The summed E-state index contributed by atoms with van der Waals surface area (Å²) in [7, 11) is 2.21. The lowest BCUT2D eigenvalue weighted by Gasteiger charge is -2.07. The Bertz CT molecular complexity index is 537. The van der Waals surface area contributed by atoms with E-state index in [2.05, 4.69) is 11.1 Å². The monoisotopic (exact) mass is 243 g/mol. The molecule has 1 N–H and O–H groups in total. The van der Waals surface area contributed by atoms with Gasteiger partial charge in [-0.05, 0) is 16.9 Å². The summed E-state index contributed by atoms with van der Waals surface area (Å²) < 4.78 is 0. The van der Waals surface area contributed by atoms with Crippen molar-refractivity contribution < 1.29 is 5.11 Å². The molecule has 2 nitrogen and oxygen atoms in total. The van der Waals surface area contributed by atoms with Crippen molar-refractivity contribution in [3.05, 3.63) is 54.1 Å². The van der Waals surface area contributed by atoms with Crippen LogP contribution < -0.4 is 10.6 Å². The van der Waals surface area contributed by atoms with Gasteiger partial charge in [0.2, 0.25) is 0 Å². The minimum absolute atomic E-state index is 0.356. The number of phenolic OH excluding ortho intramolecular Hbond substituents is 1. The third kappa shape index (κ3) is 2.92. The van der Waals surface area contributed by atoms with Gasteiger partial charge in [0.05, 0.1) is 0 Å². The van der Waals surface area contributed by atoms with E-state index in [0.717, 1.165) is 10.9 Å². The summed E-state index contributed by atoms with van der Waals surface area (Å²) in [5.74, 6) is 0.356. The second-order valence-corrected chi connectivity index (χ2v) is 4.94. The zero-order valence-corrected chi connectivity index (χ0v) is 10.6. The molecule has 0 saturated heterocycles. The molecule has 0 bridgehead atoms. The Morgan fingerprint density at radius 3 is 2.35 bits per heavy atom. The zero-order valence-electron chi connectivity index (χ0n) is 9.59. The topological polar surface area (TPSA) is 32.6 Å². The molecule has 0 heterocycles. The highest BCUT2D eigenvalue weighted by molar-refractivity contribution is 7.56. The van der Waals surface area contributed by atoms with Crippen LogP contribution in [0, 0.1) is 0 Å². The molecular weight excluding hydrogens is 229 g/mol. The van der Waals surface area contributed by atoms with Crippen molar-refractivity contribution in [3.63, 3.8) is 0 Å². The Hall–Kier alpha value is -1.66. The van der Waals surface area contributed by atoms with Crippen molar-refractivity contribution in [2.45, 2.75) is 0 Å². The van der Waals surface area contributed by atoms with E-state index in [1.807, 2.05) is 42.6 Å². The Morgan fingerprint density at radius 1 is 1.00 bits per heavy atom. The van der Waals surface area contributed by atoms with Gasteiger partial charge in [-0.1, -0.05) is 51.0 Å². The second-order valence-electron chi connectivity index (χ2n) is 3.62. The van der Waals surface area contributed by atoms with E-state index < -0.39 is 0 Å². The highest BCUT2D eigenvalue weighted by Gasteiger charge is 2.04. The highest BCUT2D eigenvalue weighted by Crippen LogP contribution is 2.18. The third-order valence-corrected chi connectivity index (χ3v) is 3.82. The average Bonchev–Trinajstić information content (AvgIpc) is 2.35. The maximum Gasteiger partial charge on any atom is 0.123 e. The summed E-state index contributed by atoms with van der Waals surface area (Å²) in [6.45, 7) is 0. The number of hydrogen-bond acceptors (Lipinski definition) is 2. The Balaban J connectivity index is 2.33. The molecule has 0 saturated carbocycles. The minimum atomic E-state index is 0.356. The molecule has 0 aliphatic rings. The summed E-state index contributed by atoms with van der Waals surface area (Å²) in [4.78, 5) is 4.05. The number of phenols is 1. The second kappa shape index (κ2) is 5.60. The van der Waals surface area contributed by atoms with Gasteiger partial charge in [-0.15, -0.1) is 0 Å². The first kappa shape index (κ1) is 11.8. The van der Waals surface area contributed by atoms with E-state index in [-0.39, 0.29) is 0 Å². The number of hydrogen-bond donors (Lipinski definition) is 1. The summed E-state index contributed by atoms with van der Waals surface area (Å²) >= 11 is 0. The fraction of sp³-hybridized carbons (Fsp3) is 0.0714. The van der Waals surface area contributed by atoms with Crippen LogP contribution in [-0.4, -0.2) is 18.4 Å². The molecule has 1 atom stereocenters. The first-order chi connectivity index (χ1) is 8.31. The molecule has 17 heavy (non-hydrogen) atoms. The molecule has 0 aliphatic carbocycles. The molecule has 0 radical (unpaired) electrons. The first-order valence-electron chi connectivity index (χ1n) is 5.37. The summed E-state index contributed by atoms with van der Waals surface area (Å²) in [5.41, 5.74) is 1.11. The Labute approximate surface area is 103 Å². The fourth-order valence-electron chi connectivity index (χ4n) is 1.59. The number of para-hydroxylation sites is 1. The van der Waals surface area contributed by atoms with E-state index in [1.54, 1.807) is 13.1 Å². The van der Waals surface area contributed by atoms with Crippen LogP contribution in [0.25, 0.3) is 0 Å². The lowest BCUT2D eigenvalue weighted by atomic mass is 10.2. The molecule has 0 amide bonds. The van der Waals surface area contributed by atoms with Gasteiger partial charge in [0.1, 0.15) is 5.75 Å². The zero-order chi connectivity index (χ0) is 12.1. The lowest BCUT2D eigenvalue weighted by Crippen LogP contribution is -2.08. The van der Waals surface area contributed by atoms with Crippen LogP contribution in [0.2, 0.25) is 0 Å². The molecule has 0 spiro atoms. The smallest absolute Gasteiger partial charge is 0.123 e. The van der Waals surface area contributed by atoms with Crippen LogP contribution in [0.15, 0.2) is 53.5 Å². The molecule has 2 aromatic carbocycles. The third-order valence-electron chi connectivity index (χ3n) is 2.40. The number of benzene rings is 2. The molecule has 3 heteroatoms. The van der Waals surface area contributed by atoms with Crippen molar-refractivity contribution in [1.82, 2.24) is 0 Å². The molecule has 2 rings (SSSR count). The van der Waals surface area contributed by atoms with Gasteiger partial charge in [-0.3, -0.25) is 4.99 Å². The highest BCUT2D eigenvalue weighted by atomic mass is 31.1. The number of aromatic hydroxyl groups is 1. The van der Waals surface area contributed by atoms with Crippen molar-refractivity contribution in [1.29, 1.82) is 0 Å². The minimum Gasteiger partial charge on any atom is -0.507 e. The maximum absolute atomic E-state index is 9.77. The first-order valence-corrected chi connectivity index (χ1v) is 6.37. The quantitative estimate of drug-likeness (QED) is 0.649. The molecular formula is C14H14NOP. The lowest BCUT2D eigenvalue weighted by molar-refractivity contribution is 0.480. The van der Waals surface area contributed by atoms with E-state index in [1.165, 1.54) is 5.30 Å². The Morgan fingerprint density at radius 2 is 1.65 bits per heavy atom. The normalized spacial score (nSPS) is 11.6. The molecule has 86 valence electrons. The summed E-state index contributed by atoms with van der Waals surface area (Å²) in [6.07, 6.45) is 1.85. The van der Waals surface area contributed by atoms with Crippen LogP contribution >= 0.6 is 8.58 Å². The fourth-order valence-corrected chi connectivity index (χ4v) is 2.74. The Kier molecular flexibility index (Phi) is 3.89. The van der Waals surface area contributed by atoms with E-state index in [9.17, 15) is 5.11 Å². The number of rotatable bonds is 3. The molecule has 2 aromatic rings. The summed E-state index contributed by atoms with van der Waals surface area (Å²) in [6, 6.07) is 15.6. The molecule has 1 unspecified atom stereocenters. The number of nitrogens with zero attached hydrogens (tertiary/aromatic N) is 1. The van der Waals surface area contributed by atoms with Crippen molar-refractivity contribution in [3.8, 4) is 5.75 Å². The SMILES string of the molecule is C/N=C/c1ccccc1Pc1ccccc1O. The molecule has 0 fully saturated rings. The summed E-state index contributed by atoms with van der Waals surface area (Å²) in [5, 5.41) is 11.9. The molecule has 0 aromatic heterocycles. The van der Waals surface area contributed by atoms with Gasteiger partial charge in [0.15, 0.2) is 0 Å². The molecule has 0 aliphatic heterocycles. The van der Waals surface area contributed by atoms with Gasteiger partial charge in [0.25, 0.3) is 0 Å². The maximum atomic E-state index is 9.77. The van der Waals surface area contributed by atoms with Crippen LogP contribution in [-0.2, 0) is 0 Å². The predicted molar refractivity (Wildman–Crippen MR) is 75.6 cm³/mol. The van der Waals surface area contributed by atoms with Gasteiger partial charge in [-0.2, -0.15) is 0 Å². The van der Waals surface area contributed by atoms with Gasteiger partial charge < -0.3 is 5.11 Å². The standard InChI is InChI=1S/C14H14NOP/c1-15-10-11-6-2-4-8-13(11)17-14-9-5-3-7-12(14)16/h2-10,16-17H,1H3/b15-10+. The predicted octanol–water partition coefficient (Wildman–Crippen LogP) is 2.07. The van der Waals surface area contributed by atoms with Gasteiger partial charge >= 0.3 is 0 Å². The van der Waals surface area contributed by atoms with Crippen LogP contribution in [0.3, 0.4) is 0 Å². The van der Waals surface area contributed by atoms with Gasteiger partial charge in [-0.25, -0.2) is 0 Å². The van der Waals surface area contributed by atoms with E-state index in [4.69, 9.17) is 0 Å². The average molecular weight is 243 g/mol. The van der Waals surface area contributed by atoms with E-state index in [0.29, 0.717) is 14.3 Å². The largest absolute Gasteiger partial charge is 0.507 e.